The van der Waals surface area contributed by atoms with Crippen LogP contribution in [0.5, 0.6) is 0 Å². The fourth-order valence-electron chi connectivity index (χ4n) is 2.21. The molecule has 18 heavy (non-hydrogen) atoms. The maximum atomic E-state index is 12.9. The Bertz CT molecular complexity index is 604. The van der Waals surface area contributed by atoms with Crippen molar-refractivity contribution in [3.8, 4) is 11.1 Å². The number of carbonyl (C=O) groups is 1. The Hall–Kier alpha value is -2.16. The van der Waals surface area contributed by atoms with E-state index < -0.39 is 0 Å². The summed E-state index contributed by atoms with van der Waals surface area (Å²) in [5.74, 6) is -0.166. The predicted molar refractivity (Wildman–Crippen MR) is 68.8 cm³/mol. The van der Waals surface area contributed by atoms with Gasteiger partial charge < -0.3 is 5.32 Å². The van der Waals surface area contributed by atoms with Gasteiger partial charge in [0.15, 0.2) is 0 Å². The summed E-state index contributed by atoms with van der Waals surface area (Å²) in [5.41, 5.74) is 4.05. The fraction of sp³-hybridized carbons (Fsp3) is 0.133. The van der Waals surface area contributed by atoms with Gasteiger partial charge in [0.1, 0.15) is 5.82 Å². The Morgan fingerprint density at radius 3 is 2.44 bits per heavy atom. The molecule has 1 aliphatic heterocycles. The molecule has 1 amide bonds. The van der Waals surface area contributed by atoms with Crippen molar-refractivity contribution in [1.29, 1.82) is 0 Å². The summed E-state index contributed by atoms with van der Waals surface area (Å²) < 4.78 is 12.9. The Labute approximate surface area is 104 Å². The van der Waals surface area contributed by atoms with Crippen molar-refractivity contribution in [3.63, 3.8) is 0 Å². The van der Waals surface area contributed by atoms with Crippen LogP contribution in [-0.4, -0.2) is 5.91 Å². The number of nitrogens with one attached hydrogen (secondary N) is 1. The van der Waals surface area contributed by atoms with Crippen molar-refractivity contribution >= 4 is 11.6 Å². The van der Waals surface area contributed by atoms with E-state index >= 15 is 0 Å². The highest BCUT2D eigenvalue weighted by Gasteiger charge is 2.14. The van der Waals surface area contributed by atoms with Crippen molar-refractivity contribution in [2.45, 2.75) is 12.8 Å². The molecule has 0 saturated heterocycles. The second-order valence-corrected chi connectivity index (χ2v) is 4.43. The number of carbonyl (C=O) groups excluding carboxylic acids is 1. The van der Waals surface area contributed by atoms with E-state index in [-0.39, 0.29) is 11.7 Å². The van der Waals surface area contributed by atoms with Gasteiger partial charge >= 0.3 is 0 Å². The van der Waals surface area contributed by atoms with Gasteiger partial charge in [-0.05, 0) is 47.4 Å². The SMILES string of the molecule is O=C1CCc2cc(-c3ccc(F)cc3)ccc2N1. The summed E-state index contributed by atoms with van der Waals surface area (Å²) in [6, 6.07) is 12.3. The lowest BCUT2D eigenvalue weighted by Gasteiger charge is -2.17. The molecule has 1 aliphatic rings. The molecule has 0 saturated carbocycles. The summed E-state index contributed by atoms with van der Waals surface area (Å²) in [4.78, 5) is 11.3. The van der Waals surface area contributed by atoms with Crippen LogP contribution in [0.3, 0.4) is 0 Å². The monoisotopic (exact) mass is 241 g/mol. The molecular formula is C15H12FNO. The maximum absolute atomic E-state index is 12.9. The molecule has 0 atom stereocenters. The first-order valence-corrected chi connectivity index (χ1v) is 5.91. The summed E-state index contributed by atoms with van der Waals surface area (Å²) >= 11 is 0. The lowest BCUT2D eigenvalue weighted by molar-refractivity contribution is -0.116. The van der Waals surface area contributed by atoms with E-state index in [2.05, 4.69) is 11.4 Å². The minimum Gasteiger partial charge on any atom is -0.326 e. The first-order valence-electron chi connectivity index (χ1n) is 5.91. The van der Waals surface area contributed by atoms with Crippen molar-refractivity contribution < 1.29 is 9.18 Å². The van der Waals surface area contributed by atoms with Gasteiger partial charge in [-0.25, -0.2) is 4.39 Å². The van der Waals surface area contributed by atoms with Crippen LogP contribution in [-0.2, 0) is 11.2 Å². The number of fused-ring (bicyclic) bond motifs is 1. The van der Waals surface area contributed by atoms with Gasteiger partial charge in [0.05, 0.1) is 0 Å². The molecule has 0 unspecified atom stereocenters. The highest BCUT2D eigenvalue weighted by atomic mass is 19.1. The summed E-state index contributed by atoms with van der Waals surface area (Å²) in [7, 11) is 0. The van der Waals surface area contributed by atoms with Crippen LogP contribution in [0.25, 0.3) is 11.1 Å². The molecule has 0 aromatic heterocycles. The Morgan fingerprint density at radius 1 is 0.944 bits per heavy atom. The van der Waals surface area contributed by atoms with Gasteiger partial charge in [-0.15, -0.1) is 0 Å². The Balaban J connectivity index is 1.99. The predicted octanol–water partition coefficient (Wildman–Crippen LogP) is 3.38. The number of amides is 1. The lowest BCUT2D eigenvalue weighted by Crippen LogP contribution is -2.18. The van der Waals surface area contributed by atoms with Crippen LogP contribution in [0.4, 0.5) is 10.1 Å². The van der Waals surface area contributed by atoms with E-state index in [1.54, 1.807) is 12.1 Å². The molecule has 3 heteroatoms. The first kappa shape index (κ1) is 11.0. The van der Waals surface area contributed by atoms with E-state index in [0.29, 0.717) is 6.42 Å². The molecule has 1 N–H and O–H groups in total. The van der Waals surface area contributed by atoms with E-state index in [9.17, 15) is 9.18 Å². The number of hydrogen-bond donors (Lipinski definition) is 1. The topological polar surface area (TPSA) is 29.1 Å². The minimum absolute atomic E-state index is 0.0667. The number of rotatable bonds is 1. The van der Waals surface area contributed by atoms with Crippen molar-refractivity contribution in [1.82, 2.24) is 0 Å². The largest absolute Gasteiger partial charge is 0.326 e. The highest BCUT2D eigenvalue weighted by Crippen LogP contribution is 2.28. The van der Waals surface area contributed by atoms with E-state index in [1.807, 2.05) is 12.1 Å². The molecule has 90 valence electrons. The van der Waals surface area contributed by atoms with Crippen molar-refractivity contribution in [3.05, 3.63) is 53.8 Å². The van der Waals surface area contributed by atoms with Crippen LogP contribution in [0, 0.1) is 5.82 Å². The zero-order chi connectivity index (χ0) is 12.5. The number of anilines is 1. The van der Waals surface area contributed by atoms with Gasteiger partial charge in [0, 0.05) is 12.1 Å². The third-order valence-corrected chi connectivity index (χ3v) is 3.18. The van der Waals surface area contributed by atoms with Crippen LogP contribution < -0.4 is 5.32 Å². The molecular weight excluding hydrogens is 229 g/mol. The van der Waals surface area contributed by atoms with Crippen molar-refractivity contribution in [2.75, 3.05) is 5.32 Å². The van der Waals surface area contributed by atoms with Gasteiger partial charge in [-0.2, -0.15) is 0 Å². The average molecular weight is 241 g/mol. The number of benzene rings is 2. The van der Waals surface area contributed by atoms with Gasteiger partial charge in [0.25, 0.3) is 0 Å². The van der Waals surface area contributed by atoms with Gasteiger partial charge in [-0.1, -0.05) is 18.2 Å². The third kappa shape index (κ3) is 1.99. The molecule has 0 spiro atoms. The number of halogens is 1. The lowest BCUT2D eigenvalue weighted by atomic mass is 9.97. The minimum atomic E-state index is -0.232. The van der Waals surface area contributed by atoms with Crippen LogP contribution in [0.15, 0.2) is 42.5 Å². The molecule has 2 aromatic rings. The summed E-state index contributed by atoms with van der Waals surface area (Å²) in [5, 5.41) is 2.85. The normalized spacial score (nSPS) is 13.9. The van der Waals surface area contributed by atoms with Crippen LogP contribution in [0.2, 0.25) is 0 Å². The Morgan fingerprint density at radius 2 is 1.67 bits per heavy atom. The highest BCUT2D eigenvalue weighted by molar-refractivity contribution is 5.94. The van der Waals surface area contributed by atoms with Crippen molar-refractivity contribution in [2.24, 2.45) is 0 Å². The maximum Gasteiger partial charge on any atom is 0.224 e. The molecule has 1 heterocycles. The zero-order valence-electron chi connectivity index (χ0n) is 9.74. The van der Waals surface area contributed by atoms with Crippen LogP contribution in [0.1, 0.15) is 12.0 Å². The average Bonchev–Trinajstić information content (AvgIpc) is 2.39. The molecule has 0 aliphatic carbocycles. The van der Waals surface area contributed by atoms with Gasteiger partial charge in [0.2, 0.25) is 5.91 Å². The fourth-order valence-corrected chi connectivity index (χ4v) is 2.21. The van der Waals surface area contributed by atoms with E-state index in [0.717, 1.165) is 28.8 Å². The number of aryl methyl sites for hydroxylation is 1. The van der Waals surface area contributed by atoms with Crippen LogP contribution >= 0.6 is 0 Å². The standard InChI is InChI=1S/C15H12FNO/c16-13-5-1-10(2-6-13)11-3-7-14-12(9-11)4-8-15(18)17-14/h1-3,5-7,9H,4,8H2,(H,17,18). The smallest absolute Gasteiger partial charge is 0.224 e. The molecule has 2 nitrogen and oxygen atoms in total. The second-order valence-electron chi connectivity index (χ2n) is 4.43. The molecule has 2 aromatic carbocycles. The quantitative estimate of drug-likeness (QED) is 0.814. The second kappa shape index (κ2) is 4.26. The van der Waals surface area contributed by atoms with Gasteiger partial charge in [-0.3, -0.25) is 4.79 Å². The Kier molecular flexibility index (Phi) is 2.59. The van der Waals surface area contributed by atoms with E-state index in [1.165, 1.54) is 12.1 Å². The molecule has 0 radical (unpaired) electrons. The molecule has 0 fully saturated rings. The molecule has 3 rings (SSSR count). The summed E-state index contributed by atoms with van der Waals surface area (Å²) in [6.07, 6.45) is 1.29. The molecule has 0 bridgehead atoms. The third-order valence-electron chi connectivity index (χ3n) is 3.18. The summed E-state index contributed by atoms with van der Waals surface area (Å²) in [6.45, 7) is 0. The van der Waals surface area contributed by atoms with E-state index in [4.69, 9.17) is 0 Å². The number of hydrogen-bond acceptors (Lipinski definition) is 1. The first-order chi connectivity index (χ1) is 8.72. The zero-order valence-corrected chi connectivity index (χ0v) is 9.74.